The first-order valence-corrected chi connectivity index (χ1v) is 9.38. The minimum atomic E-state index is -4.54. The first-order chi connectivity index (χ1) is 13.8. The van der Waals surface area contributed by atoms with E-state index in [1.54, 1.807) is 30.7 Å². The lowest BCUT2D eigenvalue weighted by Crippen LogP contribution is -2.39. The van der Waals surface area contributed by atoms with Crippen LogP contribution in [-0.2, 0) is 6.18 Å². The second-order valence-corrected chi connectivity index (χ2v) is 7.40. The summed E-state index contributed by atoms with van der Waals surface area (Å²) in [5.74, 6) is -0.105. The number of nitrogens with zero attached hydrogens (tertiary/aromatic N) is 5. The Labute approximate surface area is 166 Å². The Morgan fingerprint density at radius 2 is 2.00 bits per heavy atom. The summed E-state index contributed by atoms with van der Waals surface area (Å²) in [6.45, 7) is 0. The van der Waals surface area contributed by atoms with Gasteiger partial charge >= 0.3 is 6.18 Å². The van der Waals surface area contributed by atoms with E-state index in [0.717, 1.165) is 25.5 Å². The van der Waals surface area contributed by atoms with Crippen LogP contribution in [0.4, 0.5) is 30.6 Å². The molecule has 0 aromatic carbocycles. The van der Waals surface area contributed by atoms with Crippen LogP contribution in [0.1, 0.15) is 24.8 Å². The highest BCUT2D eigenvalue weighted by Gasteiger charge is 2.37. The van der Waals surface area contributed by atoms with Gasteiger partial charge in [-0.2, -0.15) is 18.2 Å². The van der Waals surface area contributed by atoms with Crippen molar-refractivity contribution < 1.29 is 13.2 Å². The van der Waals surface area contributed by atoms with Crippen LogP contribution < -0.4 is 10.6 Å². The highest BCUT2D eigenvalue weighted by atomic mass is 19.4. The number of nitrogens with one attached hydrogen (secondary N) is 2. The first-order valence-electron chi connectivity index (χ1n) is 9.38. The maximum absolute atomic E-state index is 13.5. The van der Waals surface area contributed by atoms with E-state index < -0.39 is 11.7 Å². The fraction of sp³-hybridized carbons (Fsp3) is 0.421. The molecule has 0 spiro atoms. The Bertz CT molecular complexity index is 999. The smallest absolute Gasteiger partial charge is 0.365 e. The van der Waals surface area contributed by atoms with E-state index in [4.69, 9.17) is 0 Å². The molecule has 0 radical (unpaired) electrons. The van der Waals surface area contributed by atoms with Gasteiger partial charge < -0.3 is 19.9 Å². The van der Waals surface area contributed by atoms with Crippen molar-refractivity contribution in [1.29, 1.82) is 0 Å². The second-order valence-electron chi connectivity index (χ2n) is 7.40. The molecule has 3 heterocycles. The predicted octanol–water partition coefficient (Wildman–Crippen LogP) is 3.78. The zero-order valence-electron chi connectivity index (χ0n) is 16.1. The molecular formula is C19H22F3N7. The molecule has 0 amide bonds. The number of pyridine rings is 1. The van der Waals surface area contributed by atoms with Crippen molar-refractivity contribution in [3.8, 4) is 0 Å². The number of aromatic nitrogens is 4. The molecule has 1 aliphatic carbocycles. The lowest BCUT2D eigenvalue weighted by atomic mass is 10.1. The van der Waals surface area contributed by atoms with E-state index >= 15 is 0 Å². The SMILES string of the molecule is CN(C)[C@@H]1CCC[C@H]1Nc1nc(Nc2ccn3ccnc3c2)ncc1C(F)(F)F. The molecule has 1 aliphatic rings. The number of anilines is 3. The Balaban J connectivity index is 1.63. The lowest BCUT2D eigenvalue weighted by molar-refractivity contribution is -0.137. The van der Waals surface area contributed by atoms with Crippen LogP contribution in [-0.4, -0.2) is 50.4 Å². The van der Waals surface area contributed by atoms with E-state index in [2.05, 4.69) is 25.6 Å². The summed E-state index contributed by atoms with van der Waals surface area (Å²) in [4.78, 5) is 14.3. The van der Waals surface area contributed by atoms with Crippen LogP contribution in [0.2, 0.25) is 0 Å². The standard InChI is InChI=1S/C19H22F3N7/c1-28(2)15-5-3-4-14(15)26-17-13(19(20,21)22)11-24-18(27-17)25-12-6-8-29-9-7-23-16(29)10-12/h6-11,14-15H,3-5H2,1-2H3,(H2,24,25,26,27)/t14-,15-/m1/s1. The molecule has 154 valence electrons. The fourth-order valence-electron chi connectivity index (χ4n) is 3.78. The van der Waals surface area contributed by atoms with Crippen molar-refractivity contribution in [3.05, 3.63) is 42.5 Å². The van der Waals surface area contributed by atoms with Crippen LogP contribution in [0.15, 0.2) is 36.9 Å². The zero-order chi connectivity index (χ0) is 20.6. The number of hydrogen-bond acceptors (Lipinski definition) is 6. The van der Waals surface area contributed by atoms with Crippen molar-refractivity contribution in [1.82, 2.24) is 24.3 Å². The van der Waals surface area contributed by atoms with Gasteiger partial charge in [0.1, 0.15) is 17.0 Å². The number of halogens is 3. The molecule has 4 rings (SSSR count). The molecular weight excluding hydrogens is 383 g/mol. The van der Waals surface area contributed by atoms with E-state index in [9.17, 15) is 13.2 Å². The molecule has 7 nitrogen and oxygen atoms in total. The summed E-state index contributed by atoms with van der Waals surface area (Å²) >= 11 is 0. The topological polar surface area (TPSA) is 70.4 Å². The van der Waals surface area contributed by atoms with Gasteiger partial charge in [0, 0.05) is 48.6 Å². The molecule has 0 unspecified atom stereocenters. The number of likely N-dealkylation sites (N-methyl/N-ethyl adjacent to an activating group) is 1. The van der Waals surface area contributed by atoms with Gasteiger partial charge in [-0.15, -0.1) is 0 Å². The summed E-state index contributed by atoms with van der Waals surface area (Å²) in [6.07, 6.45) is 4.25. The van der Waals surface area contributed by atoms with Crippen LogP contribution in [0, 0.1) is 0 Å². The molecule has 1 fully saturated rings. The van der Waals surface area contributed by atoms with Crippen molar-refractivity contribution in [2.75, 3.05) is 24.7 Å². The first kappa shape index (κ1) is 19.4. The summed E-state index contributed by atoms with van der Waals surface area (Å²) in [5, 5.41) is 6.00. The van der Waals surface area contributed by atoms with Crippen LogP contribution in [0.25, 0.3) is 5.65 Å². The third-order valence-electron chi connectivity index (χ3n) is 5.21. The molecule has 3 aromatic rings. The molecule has 2 N–H and O–H groups in total. The third-order valence-corrected chi connectivity index (χ3v) is 5.21. The maximum Gasteiger partial charge on any atom is 0.421 e. The minimum absolute atomic E-state index is 0.0933. The molecule has 29 heavy (non-hydrogen) atoms. The molecule has 10 heteroatoms. The normalized spacial score (nSPS) is 19.8. The van der Waals surface area contributed by atoms with E-state index in [1.807, 2.05) is 23.4 Å². The summed E-state index contributed by atoms with van der Waals surface area (Å²) in [6, 6.07) is 3.61. The van der Waals surface area contributed by atoms with Gasteiger partial charge in [0.05, 0.1) is 0 Å². The number of imidazole rings is 1. The Morgan fingerprint density at radius 1 is 1.17 bits per heavy atom. The Morgan fingerprint density at radius 3 is 2.76 bits per heavy atom. The van der Waals surface area contributed by atoms with Gasteiger partial charge in [-0.05, 0) is 39.4 Å². The molecule has 1 saturated carbocycles. The molecule has 3 aromatic heterocycles. The van der Waals surface area contributed by atoms with Crippen molar-refractivity contribution in [2.24, 2.45) is 0 Å². The molecule has 2 atom stereocenters. The average Bonchev–Trinajstić information content (AvgIpc) is 3.29. The minimum Gasteiger partial charge on any atom is -0.365 e. The number of rotatable bonds is 5. The monoisotopic (exact) mass is 405 g/mol. The lowest BCUT2D eigenvalue weighted by Gasteiger charge is -2.28. The Hall–Kier alpha value is -2.88. The molecule has 0 bridgehead atoms. The quantitative estimate of drug-likeness (QED) is 0.673. The summed E-state index contributed by atoms with van der Waals surface area (Å²) in [7, 11) is 3.88. The molecule has 0 saturated heterocycles. The van der Waals surface area contributed by atoms with Crippen LogP contribution in [0.3, 0.4) is 0 Å². The van der Waals surface area contributed by atoms with Gasteiger partial charge in [0.2, 0.25) is 5.95 Å². The average molecular weight is 405 g/mol. The van der Waals surface area contributed by atoms with Gasteiger partial charge in [-0.1, -0.05) is 0 Å². The number of fused-ring (bicyclic) bond motifs is 1. The summed E-state index contributed by atoms with van der Waals surface area (Å²) < 4.78 is 42.4. The molecule has 0 aliphatic heterocycles. The second kappa shape index (κ2) is 7.51. The summed E-state index contributed by atoms with van der Waals surface area (Å²) in [5.41, 5.74) is 0.484. The Kier molecular flexibility index (Phi) is 5.03. The van der Waals surface area contributed by atoms with Crippen molar-refractivity contribution in [3.63, 3.8) is 0 Å². The third kappa shape index (κ3) is 4.12. The van der Waals surface area contributed by atoms with Crippen molar-refractivity contribution in [2.45, 2.75) is 37.5 Å². The van der Waals surface area contributed by atoms with Crippen LogP contribution >= 0.6 is 0 Å². The van der Waals surface area contributed by atoms with Gasteiger partial charge in [-0.3, -0.25) is 0 Å². The van der Waals surface area contributed by atoms with Crippen molar-refractivity contribution >= 4 is 23.1 Å². The highest BCUT2D eigenvalue weighted by molar-refractivity contribution is 5.61. The highest BCUT2D eigenvalue weighted by Crippen LogP contribution is 2.36. The van der Waals surface area contributed by atoms with Gasteiger partial charge in [-0.25, -0.2) is 9.97 Å². The predicted molar refractivity (Wildman–Crippen MR) is 104 cm³/mol. The maximum atomic E-state index is 13.5. The van der Waals surface area contributed by atoms with Gasteiger partial charge in [0.25, 0.3) is 0 Å². The largest absolute Gasteiger partial charge is 0.421 e. The zero-order valence-corrected chi connectivity index (χ0v) is 16.1. The fourth-order valence-corrected chi connectivity index (χ4v) is 3.78. The van der Waals surface area contributed by atoms with Gasteiger partial charge in [0.15, 0.2) is 0 Å². The van der Waals surface area contributed by atoms with Crippen LogP contribution in [0.5, 0.6) is 0 Å². The van der Waals surface area contributed by atoms with E-state index in [-0.39, 0.29) is 23.8 Å². The number of hydrogen-bond donors (Lipinski definition) is 2. The van der Waals surface area contributed by atoms with E-state index in [0.29, 0.717) is 11.3 Å². The number of alkyl halides is 3. The van der Waals surface area contributed by atoms with E-state index in [1.165, 1.54) is 0 Å².